The van der Waals surface area contributed by atoms with Gasteiger partial charge in [0.25, 0.3) is 0 Å². The van der Waals surface area contributed by atoms with E-state index in [0.717, 1.165) is 31.6 Å². The van der Waals surface area contributed by atoms with E-state index < -0.39 is 0 Å². The van der Waals surface area contributed by atoms with Gasteiger partial charge < -0.3 is 10.6 Å². The summed E-state index contributed by atoms with van der Waals surface area (Å²) < 4.78 is 0. The van der Waals surface area contributed by atoms with Crippen molar-refractivity contribution >= 4 is 17.4 Å². The fourth-order valence-corrected chi connectivity index (χ4v) is 2.87. The number of halogens is 1. The van der Waals surface area contributed by atoms with E-state index in [1.807, 2.05) is 38.1 Å². The van der Waals surface area contributed by atoms with Crippen LogP contribution in [0.25, 0.3) is 0 Å². The Kier molecular flexibility index (Phi) is 5.19. The standard InChI is InChI=1S/C16H23ClN2O/c1-11(2)16(20)15(10-19-8-7-14(18)9-19)12-3-5-13(17)6-4-12/h3-6,11,14-15H,7-10,18H2,1-2H3/t14-,15+/m1/s1. The zero-order chi connectivity index (χ0) is 14.7. The summed E-state index contributed by atoms with van der Waals surface area (Å²) in [6.45, 7) is 6.54. The number of nitrogens with two attached hydrogens (primary N) is 1. The second-order valence-corrected chi connectivity index (χ2v) is 6.41. The largest absolute Gasteiger partial charge is 0.326 e. The average Bonchev–Trinajstić information content (AvgIpc) is 2.82. The third-order valence-electron chi connectivity index (χ3n) is 3.93. The van der Waals surface area contributed by atoms with Crippen molar-refractivity contribution in [2.75, 3.05) is 19.6 Å². The van der Waals surface area contributed by atoms with Crippen molar-refractivity contribution in [1.82, 2.24) is 4.90 Å². The Balaban J connectivity index is 2.16. The second-order valence-electron chi connectivity index (χ2n) is 5.97. The van der Waals surface area contributed by atoms with Gasteiger partial charge in [-0.1, -0.05) is 37.6 Å². The van der Waals surface area contributed by atoms with Gasteiger partial charge in [0.1, 0.15) is 5.78 Å². The lowest BCUT2D eigenvalue weighted by Gasteiger charge is -2.24. The Morgan fingerprint density at radius 3 is 2.55 bits per heavy atom. The zero-order valence-electron chi connectivity index (χ0n) is 12.2. The molecule has 20 heavy (non-hydrogen) atoms. The predicted molar refractivity (Wildman–Crippen MR) is 83.1 cm³/mol. The van der Waals surface area contributed by atoms with Crippen molar-refractivity contribution in [3.05, 3.63) is 34.9 Å². The van der Waals surface area contributed by atoms with Gasteiger partial charge in [0.15, 0.2) is 0 Å². The van der Waals surface area contributed by atoms with Gasteiger partial charge in [-0.2, -0.15) is 0 Å². The van der Waals surface area contributed by atoms with Gasteiger partial charge in [-0.25, -0.2) is 0 Å². The first-order chi connectivity index (χ1) is 9.47. The predicted octanol–water partition coefficient (Wildman–Crippen LogP) is 2.68. The summed E-state index contributed by atoms with van der Waals surface area (Å²) in [5.74, 6) is 0.234. The number of hydrogen-bond donors (Lipinski definition) is 1. The summed E-state index contributed by atoms with van der Waals surface area (Å²) in [5, 5.41) is 0.702. The molecule has 1 saturated heterocycles. The van der Waals surface area contributed by atoms with Crippen LogP contribution in [0, 0.1) is 5.92 Å². The average molecular weight is 295 g/mol. The lowest BCUT2D eigenvalue weighted by atomic mass is 9.88. The quantitative estimate of drug-likeness (QED) is 0.908. The fourth-order valence-electron chi connectivity index (χ4n) is 2.74. The van der Waals surface area contributed by atoms with Gasteiger partial charge in [-0.3, -0.25) is 4.79 Å². The molecule has 0 aromatic heterocycles. The van der Waals surface area contributed by atoms with E-state index in [4.69, 9.17) is 17.3 Å². The van der Waals surface area contributed by atoms with Gasteiger partial charge in [-0.05, 0) is 30.7 Å². The highest BCUT2D eigenvalue weighted by Crippen LogP contribution is 2.25. The molecule has 0 amide bonds. The summed E-state index contributed by atoms with van der Waals surface area (Å²) in [5.41, 5.74) is 7.00. The van der Waals surface area contributed by atoms with Crippen molar-refractivity contribution in [2.24, 2.45) is 11.7 Å². The Morgan fingerprint density at radius 2 is 2.05 bits per heavy atom. The van der Waals surface area contributed by atoms with Crippen molar-refractivity contribution < 1.29 is 4.79 Å². The monoisotopic (exact) mass is 294 g/mol. The fraction of sp³-hybridized carbons (Fsp3) is 0.562. The van der Waals surface area contributed by atoms with E-state index in [1.54, 1.807) is 0 Å². The van der Waals surface area contributed by atoms with Crippen molar-refractivity contribution in [1.29, 1.82) is 0 Å². The normalized spacial score (nSPS) is 21.4. The highest BCUT2D eigenvalue weighted by Gasteiger charge is 2.28. The summed E-state index contributed by atoms with van der Waals surface area (Å²) in [6.07, 6.45) is 1.02. The number of carbonyl (C=O) groups excluding carboxylic acids is 1. The molecule has 2 rings (SSSR count). The first kappa shape index (κ1) is 15.5. The van der Waals surface area contributed by atoms with Gasteiger partial charge in [-0.15, -0.1) is 0 Å². The molecular weight excluding hydrogens is 272 g/mol. The van der Waals surface area contributed by atoms with Crippen molar-refractivity contribution in [2.45, 2.75) is 32.2 Å². The van der Waals surface area contributed by atoms with E-state index in [9.17, 15) is 4.79 Å². The third kappa shape index (κ3) is 3.81. The topological polar surface area (TPSA) is 46.3 Å². The van der Waals surface area contributed by atoms with Crippen LogP contribution in [0.2, 0.25) is 5.02 Å². The summed E-state index contributed by atoms with van der Waals surface area (Å²) in [6, 6.07) is 7.88. The minimum atomic E-state index is -0.0856. The number of ketones is 1. The van der Waals surface area contributed by atoms with Crippen molar-refractivity contribution in [3.63, 3.8) is 0 Å². The molecule has 0 spiro atoms. The van der Waals surface area contributed by atoms with Crippen LogP contribution in [0.4, 0.5) is 0 Å². The SMILES string of the molecule is CC(C)C(=O)[C@@H](CN1CC[C@@H](N)C1)c1ccc(Cl)cc1. The minimum Gasteiger partial charge on any atom is -0.326 e. The van der Waals surface area contributed by atoms with Gasteiger partial charge in [0.05, 0.1) is 5.92 Å². The maximum atomic E-state index is 12.5. The van der Waals surface area contributed by atoms with E-state index in [0.29, 0.717) is 5.02 Å². The summed E-state index contributed by atoms with van der Waals surface area (Å²) >= 11 is 5.94. The molecule has 0 bridgehead atoms. The number of likely N-dealkylation sites (tertiary alicyclic amines) is 1. The van der Waals surface area contributed by atoms with Crippen LogP contribution in [0.1, 0.15) is 31.7 Å². The van der Waals surface area contributed by atoms with Crippen LogP contribution >= 0.6 is 11.6 Å². The van der Waals surface area contributed by atoms with Gasteiger partial charge in [0, 0.05) is 30.1 Å². The molecule has 0 unspecified atom stereocenters. The molecular formula is C16H23ClN2O. The van der Waals surface area contributed by atoms with E-state index >= 15 is 0 Å². The molecule has 3 nitrogen and oxygen atoms in total. The van der Waals surface area contributed by atoms with Crippen LogP contribution in [-0.4, -0.2) is 36.4 Å². The van der Waals surface area contributed by atoms with Crippen LogP contribution in [0.5, 0.6) is 0 Å². The summed E-state index contributed by atoms with van der Waals surface area (Å²) in [4.78, 5) is 14.8. The molecule has 0 saturated carbocycles. The lowest BCUT2D eigenvalue weighted by molar-refractivity contribution is -0.123. The van der Waals surface area contributed by atoms with E-state index in [2.05, 4.69) is 4.90 Å². The molecule has 2 N–H and O–H groups in total. The van der Waals surface area contributed by atoms with E-state index in [1.165, 1.54) is 0 Å². The molecule has 1 fully saturated rings. The maximum Gasteiger partial charge on any atom is 0.144 e. The summed E-state index contributed by atoms with van der Waals surface area (Å²) in [7, 11) is 0. The zero-order valence-corrected chi connectivity index (χ0v) is 12.9. The number of Topliss-reactive ketones (excluding diaryl/α,β-unsaturated/α-hetero) is 1. The third-order valence-corrected chi connectivity index (χ3v) is 4.19. The van der Waals surface area contributed by atoms with E-state index in [-0.39, 0.29) is 23.7 Å². The Labute approximate surface area is 126 Å². The van der Waals surface area contributed by atoms with Gasteiger partial charge >= 0.3 is 0 Å². The Bertz CT molecular complexity index is 458. The molecule has 1 aliphatic rings. The Hall–Kier alpha value is -0.900. The maximum absolute atomic E-state index is 12.5. The molecule has 0 radical (unpaired) electrons. The minimum absolute atomic E-state index is 0.0342. The second kappa shape index (κ2) is 6.70. The molecule has 1 heterocycles. The molecule has 1 aliphatic heterocycles. The van der Waals surface area contributed by atoms with Crippen molar-refractivity contribution in [3.8, 4) is 0 Å². The number of rotatable bonds is 5. The van der Waals surface area contributed by atoms with Gasteiger partial charge in [0.2, 0.25) is 0 Å². The molecule has 0 aliphatic carbocycles. The highest BCUT2D eigenvalue weighted by atomic mass is 35.5. The van der Waals surface area contributed by atoms with Crippen LogP contribution < -0.4 is 5.73 Å². The first-order valence-corrected chi connectivity index (χ1v) is 7.62. The smallest absolute Gasteiger partial charge is 0.144 e. The first-order valence-electron chi connectivity index (χ1n) is 7.24. The number of hydrogen-bond acceptors (Lipinski definition) is 3. The molecule has 4 heteroatoms. The van der Waals surface area contributed by atoms with Crippen LogP contribution in [0.15, 0.2) is 24.3 Å². The molecule has 110 valence electrons. The Morgan fingerprint density at radius 1 is 1.40 bits per heavy atom. The molecule has 1 aromatic carbocycles. The molecule has 1 aromatic rings. The molecule has 2 atom stereocenters. The number of nitrogens with zero attached hydrogens (tertiary/aromatic N) is 1. The number of carbonyl (C=O) groups is 1. The number of benzene rings is 1. The van der Waals surface area contributed by atoms with Crippen LogP contribution in [-0.2, 0) is 4.79 Å². The van der Waals surface area contributed by atoms with Crippen LogP contribution in [0.3, 0.4) is 0 Å². The lowest BCUT2D eigenvalue weighted by Crippen LogP contribution is -2.34. The highest BCUT2D eigenvalue weighted by molar-refractivity contribution is 6.30.